The van der Waals surface area contributed by atoms with Crippen molar-refractivity contribution in [2.75, 3.05) is 13.2 Å². The summed E-state index contributed by atoms with van der Waals surface area (Å²) in [5, 5.41) is 2.38. The second-order valence-corrected chi connectivity index (χ2v) is 16.2. The molecule has 0 amide bonds. The second-order valence-electron chi connectivity index (χ2n) is 16.2. The average Bonchev–Trinajstić information content (AvgIpc) is 3.85. The summed E-state index contributed by atoms with van der Waals surface area (Å²) in [7, 11) is 0. The number of hydrogen-bond acceptors (Lipinski definition) is 6. The number of carbonyl (C=O) groups is 2. The molecule has 0 aliphatic carbocycles. The molecule has 2 unspecified atom stereocenters. The third kappa shape index (κ3) is 7.41. The van der Waals surface area contributed by atoms with Crippen LogP contribution in [-0.2, 0) is 68.8 Å². The molecule has 6 aromatic rings. The number of allylic oxidation sites excluding steroid dienone is 2. The fourth-order valence-corrected chi connectivity index (χ4v) is 9.61. The number of carbonyl (C=O) groups excluding carboxylic acids is 2. The number of fused-ring (bicyclic) bond motifs is 6. The minimum atomic E-state index is -0.873. The third-order valence-electron chi connectivity index (χ3n) is 12.8. The number of hydrogen-bond donors (Lipinski definition) is 2. The van der Waals surface area contributed by atoms with Crippen LogP contribution >= 0.6 is 0 Å². The summed E-state index contributed by atoms with van der Waals surface area (Å²) in [6.45, 7) is 17.4. The fraction of sp³-hybridized carbons (Fsp3) is 0.346. The van der Waals surface area contributed by atoms with Gasteiger partial charge in [-0.25, -0.2) is 0 Å². The molecule has 310 valence electrons. The molecule has 0 fully saturated rings. The Labute approximate surface area is 353 Å². The standard InChI is InChI=1S/C52H56N2O6/c1-7-15-33-21-23-43(59-45(55)31-51(11-5)49-39(25-27-57-51)37-19-13-17-35(9-3)47(37)53-49)41(29-33)42-30-34(16-8-2)22-24-44(42)60-46(56)32-52(12-6)50-40(26-28-58-52)38-20-14-18-36(10-4)48(38)54-50/h7-8,13-14,17-24,29-30,53-54H,1-2,9-12,15-16,25-28,31-32H2,3-6H3. The number of nitrogens with one attached hydrogen (secondary N) is 2. The average molecular weight is 805 g/mol. The number of para-hydroxylation sites is 2. The number of aromatic nitrogens is 2. The minimum Gasteiger partial charge on any atom is -0.426 e. The van der Waals surface area contributed by atoms with Gasteiger partial charge < -0.3 is 28.9 Å². The van der Waals surface area contributed by atoms with E-state index in [0.717, 1.165) is 59.2 Å². The van der Waals surface area contributed by atoms with E-state index >= 15 is 0 Å². The van der Waals surface area contributed by atoms with Gasteiger partial charge in [0.05, 0.1) is 37.4 Å². The molecule has 0 saturated heterocycles. The van der Waals surface area contributed by atoms with Crippen LogP contribution in [-0.4, -0.2) is 35.1 Å². The molecule has 0 spiro atoms. The number of H-pyrrole nitrogens is 2. The van der Waals surface area contributed by atoms with Gasteiger partial charge in [0.15, 0.2) is 0 Å². The van der Waals surface area contributed by atoms with Crippen molar-refractivity contribution in [1.29, 1.82) is 0 Å². The molecule has 0 saturated carbocycles. The summed E-state index contributed by atoms with van der Waals surface area (Å²) in [5.74, 6) is -0.110. The van der Waals surface area contributed by atoms with Crippen LogP contribution in [0, 0.1) is 0 Å². The monoisotopic (exact) mass is 804 g/mol. The van der Waals surface area contributed by atoms with Gasteiger partial charge in [-0.1, -0.05) is 88.4 Å². The lowest BCUT2D eigenvalue weighted by atomic mass is 9.86. The zero-order valence-corrected chi connectivity index (χ0v) is 35.4. The molecule has 2 atom stereocenters. The largest absolute Gasteiger partial charge is 0.426 e. The molecule has 2 N–H and O–H groups in total. The zero-order chi connectivity index (χ0) is 42.0. The predicted octanol–water partition coefficient (Wildman–Crippen LogP) is 11.2. The number of rotatable bonds is 15. The van der Waals surface area contributed by atoms with Gasteiger partial charge in [-0.3, -0.25) is 9.59 Å². The summed E-state index contributed by atoms with van der Waals surface area (Å²) in [6.07, 6.45) is 9.41. The van der Waals surface area contributed by atoms with Crippen molar-refractivity contribution in [3.8, 4) is 22.6 Å². The molecule has 2 aliphatic rings. The van der Waals surface area contributed by atoms with E-state index in [-0.39, 0.29) is 12.8 Å². The highest BCUT2D eigenvalue weighted by Gasteiger charge is 2.43. The van der Waals surface area contributed by atoms with Crippen LogP contribution in [0.4, 0.5) is 0 Å². The number of ether oxygens (including phenoxy) is 4. The van der Waals surface area contributed by atoms with E-state index in [1.54, 1.807) is 0 Å². The van der Waals surface area contributed by atoms with Crippen molar-refractivity contribution in [1.82, 2.24) is 9.97 Å². The molecule has 8 nitrogen and oxygen atoms in total. The molecular weight excluding hydrogens is 749 g/mol. The number of esters is 2. The van der Waals surface area contributed by atoms with E-state index in [1.807, 2.05) is 48.6 Å². The van der Waals surface area contributed by atoms with Crippen molar-refractivity contribution in [3.63, 3.8) is 0 Å². The van der Waals surface area contributed by atoms with Crippen molar-refractivity contribution in [3.05, 3.63) is 143 Å². The van der Waals surface area contributed by atoms with Crippen LogP contribution < -0.4 is 9.47 Å². The molecule has 2 aromatic heterocycles. The molecule has 4 heterocycles. The lowest BCUT2D eigenvalue weighted by Gasteiger charge is -2.36. The number of benzene rings is 4. The quantitative estimate of drug-likeness (QED) is 0.0609. The summed E-state index contributed by atoms with van der Waals surface area (Å²) < 4.78 is 25.8. The maximum atomic E-state index is 14.3. The lowest BCUT2D eigenvalue weighted by Crippen LogP contribution is -2.38. The minimum absolute atomic E-state index is 0.0194. The Kier molecular flexibility index (Phi) is 11.7. The summed E-state index contributed by atoms with van der Waals surface area (Å²) in [4.78, 5) is 35.9. The lowest BCUT2D eigenvalue weighted by molar-refractivity contribution is -0.147. The first kappa shape index (κ1) is 41.1. The summed E-state index contributed by atoms with van der Waals surface area (Å²) >= 11 is 0. The van der Waals surface area contributed by atoms with Crippen LogP contribution in [0.25, 0.3) is 32.9 Å². The van der Waals surface area contributed by atoms with Crippen LogP contribution in [0.1, 0.15) is 98.1 Å². The van der Waals surface area contributed by atoms with E-state index in [1.165, 1.54) is 33.0 Å². The first-order valence-corrected chi connectivity index (χ1v) is 21.6. The van der Waals surface area contributed by atoms with E-state index in [0.29, 0.717) is 61.5 Å². The van der Waals surface area contributed by atoms with Crippen LogP contribution in [0.15, 0.2) is 98.1 Å². The van der Waals surface area contributed by atoms with Crippen LogP contribution in [0.3, 0.4) is 0 Å². The van der Waals surface area contributed by atoms with Gasteiger partial charge in [0.1, 0.15) is 22.7 Å². The predicted molar refractivity (Wildman–Crippen MR) is 239 cm³/mol. The van der Waals surface area contributed by atoms with E-state index in [4.69, 9.17) is 18.9 Å². The molecule has 8 rings (SSSR count). The zero-order valence-electron chi connectivity index (χ0n) is 35.4. The van der Waals surface area contributed by atoms with Crippen molar-refractivity contribution in [2.24, 2.45) is 0 Å². The summed E-state index contributed by atoms with van der Waals surface area (Å²) in [5.41, 5.74) is 10.5. The second kappa shape index (κ2) is 17.1. The molecule has 0 bridgehead atoms. The molecular formula is C52H56N2O6. The van der Waals surface area contributed by atoms with Gasteiger partial charge >= 0.3 is 11.9 Å². The highest BCUT2D eigenvalue weighted by Crippen LogP contribution is 2.46. The van der Waals surface area contributed by atoms with Gasteiger partial charge in [-0.2, -0.15) is 0 Å². The van der Waals surface area contributed by atoms with Gasteiger partial charge in [-0.05, 0) is 109 Å². The highest BCUT2D eigenvalue weighted by atomic mass is 16.6. The topological polar surface area (TPSA) is 103 Å². The Morgan fingerprint density at radius 1 is 0.650 bits per heavy atom. The van der Waals surface area contributed by atoms with E-state index < -0.39 is 23.1 Å². The van der Waals surface area contributed by atoms with Crippen molar-refractivity contribution in [2.45, 2.75) is 103 Å². The Balaban J connectivity index is 1.13. The van der Waals surface area contributed by atoms with Crippen LogP contribution in [0.5, 0.6) is 11.5 Å². The SMILES string of the molecule is C=CCc1ccc(OC(=O)CC2(CC)OCCc3c2[nH]c2c(CC)cccc32)c(-c2cc(CC=C)ccc2OC(=O)CC2(CC)OCCc3c2[nH]c2c(CC)cccc32)c1. The third-order valence-corrected chi connectivity index (χ3v) is 12.8. The number of aryl methyl sites for hydroxylation is 2. The van der Waals surface area contributed by atoms with Gasteiger partial charge in [0.2, 0.25) is 0 Å². The Morgan fingerprint density at radius 2 is 1.08 bits per heavy atom. The van der Waals surface area contributed by atoms with Gasteiger partial charge in [0, 0.05) is 32.9 Å². The maximum Gasteiger partial charge on any atom is 0.314 e. The van der Waals surface area contributed by atoms with Crippen molar-refractivity contribution >= 4 is 33.7 Å². The normalized spacial score (nSPS) is 18.5. The molecule has 4 aromatic carbocycles. The Morgan fingerprint density at radius 3 is 1.47 bits per heavy atom. The first-order valence-electron chi connectivity index (χ1n) is 21.6. The first-order chi connectivity index (χ1) is 29.2. The maximum absolute atomic E-state index is 14.3. The van der Waals surface area contributed by atoms with E-state index in [9.17, 15) is 9.59 Å². The highest BCUT2D eigenvalue weighted by molar-refractivity contribution is 5.90. The number of aromatic amines is 2. The molecule has 8 heteroatoms. The van der Waals surface area contributed by atoms with Gasteiger partial charge in [0.25, 0.3) is 0 Å². The molecule has 60 heavy (non-hydrogen) atoms. The Bertz CT molecular complexity index is 2430. The smallest absolute Gasteiger partial charge is 0.314 e. The summed E-state index contributed by atoms with van der Waals surface area (Å²) in [6, 6.07) is 24.3. The fourth-order valence-electron chi connectivity index (χ4n) is 9.61. The van der Waals surface area contributed by atoms with Crippen LogP contribution in [0.2, 0.25) is 0 Å². The van der Waals surface area contributed by atoms with E-state index in [2.05, 4.69) is 87.2 Å². The Hall–Kier alpha value is -5.70. The molecule has 0 radical (unpaired) electrons. The van der Waals surface area contributed by atoms with Crippen molar-refractivity contribution < 1.29 is 28.5 Å². The molecule has 2 aliphatic heterocycles. The van der Waals surface area contributed by atoms with Gasteiger partial charge in [-0.15, -0.1) is 13.2 Å².